The maximum absolute atomic E-state index is 12.4. The van der Waals surface area contributed by atoms with Crippen molar-refractivity contribution in [3.8, 4) is 0 Å². The van der Waals surface area contributed by atoms with E-state index in [4.69, 9.17) is 11.6 Å². The number of amides is 1. The van der Waals surface area contributed by atoms with Crippen LogP contribution in [0.3, 0.4) is 0 Å². The third kappa shape index (κ3) is 3.26. The molecule has 1 aromatic carbocycles. The first-order valence-electron chi connectivity index (χ1n) is 7.45. The van der Waals surface area contributed by atoms with Crippen molar-refractivity contribution in [2.24, 2.45) is 5.92 Å². The number of anilines is 1. The largest absolute Gasteiger partial charge is 0.367 e. The summed E-state index contributed by atoms with van der Waals surface area (Å²) in [6, 6.07) is 7.90. The van der Waals surface area contributed by atoms with Gasteiger partial charge in [-0.15, -0.1) is 0 Å². The molecular weight excluding hydrogens is 272 g/mol. The predicted octanol–water partition coefficient (Wildman–Crippen LogP) is 3.42. The minimum absolute atomic E-state index is 0.182. The van der Waals surface area contributed by atoms with E-state index in [1.807, 2.05) is 29.2 Å². The van der Waals surface area contributed by atoms with Crippen LogP contribution in [0.1, 0.15) is 26.7 Å². The lowest BCUT2D eigenvalue weighted by Gasteiger charge is -2.37. The Balaban J connectivity index is 1.96. The first kappa shape index (κ1) is 15.2. The number of nitrogens with zero attached hydrogens (tertiary/aromatic N) is 2. The summed E-state index contributed by atoms with van der Waals surface area (Å²) in [6.45, 7) is 7.48. The molecule has 0 radical (unpaired) electrons. The summed E-state index contributed by atoms with van der Waals surface area (Å²) in [5.74, 6) is 0.496. The van der Waals surface area contributed by atoms with Gasteiger partial charge in [-0.2, -0.15) is 0 Å². The molecule has 0 aliphatic carbocycles. The molecule has 0 unspecified atom stereocenters. The van der Waals surface area contributed by atoms with Gasteiger partial charge in [0.2, 0.25) is 5.91 Å². The van der Waals surface area contributed by atoms with Crippen LogP contribution in [0, 0.1) is 5.92 Å². The second-order valence-electron chi connectivity index (χ2n) is 5.28. The summed E-state index contributed by atoms with van der Waals surface area (Å²) < 4.78 is 0. The van der Waals surface area contributed by atoms with Crippen molar-refractivity contribution in [1.82, 2.24) is 4.90 Å². The van der Waals surface area contributed by atoms with E-state index in [0.29, 0.717) is 5.91 Å². The van der Waals surface area contributed by atoms with E-state index in [0.717, 1.165) is 49.7 Å². The molecule has 1 heterocycles. The summed E-state index contributed by atoms with van der Waals surface area (Å²) in [4.78, 5) is 16.6. The fourth-order valence-corrected chi connectivity index (χ4v) is 3.03. The van der Waals surface area contributed by atoms with Gasteiger partial charge >= 0.3 is 0 Å². The number of benzene rings is 1. The maximum Gasteiger partial charge on any atom is 0.225 e. The van der Waals surface area contributed by atoms with Gasteiger partial charge in [0.15, 0.2) is 0 Å². The van der Waals surface area contributed by atoms with Crippen molar-refractivity contribution in [1.29, 1.82) is 0 Å². The zero-order valence-corrected chi connectivity index (χ0v) is 13.1. The molecule has 0 N–H and O–H groups in total. The standard InChI is InChI=1S/C16H23ClN2O/c1-3-13(4-2)16(20)19-11-9-18(10-12-19)15-8-6-5-7-14(15)17/h5-8,13H,3-4,9-12H2,1-2H3. The molecule has 1 amide bonds. The van der Waals surface area contributed by atoms with Gasteiger partial charge in [0, 0.05) is 32.1 Å². The zero-order valence-electron chi connectivity index (χ0n) is 12.3. The lowest BCUT2D eigenvalue weighted by molar-refractivity contribution is -0.136. The molecule has 1 aliphatic heterocycles. The Morgan fingerprint density at radius 2 is 1.75 bits per heavy atom. The number of halogens is 1. The molecular formula is C16H23ClN2O. The Hall–Kier alpha value is -1.22. The third-order valence-corrected chi connectivity index (χ3v) is 4.44. The van der Waals surface area contributed by atoms with Gasteiger partial charge in [-0.1, -0.05) is 37.6 Å². The van der Waals surface area contributed by atoms with E-state index < -0.39 is 0 Å². The fraction of sp³-hybridized carbons (Fsp3) is 0.562. The van der Waals surface area contributed by atoms with Crippen molar-refractivity contribution in [2.45, 2.75) is 26.7 Å². The fourth-order valence-electron chi connectivity index (χ4n) is 2.77. The topological polar surface area (TPSA) is 23.6 Å². The molecule has 20 heavy (non-hydrogen) atoms. The monoisotopic (exact) mass is 294 g/mol. The second kappa shape index (κ2) is 6.98. The van der Waals surface area contributed by atoms with E-state index in [2.05, 4.69) is 18.7 Å². The van der Waals surface area contributed by atoms with Crippen LogP contribution in [-0.4, -0.2) is 37.0 Å². The lowest BCUT2D eigenvalue weighted by Crippen LogP contribution is -2.50. The third-order valence-electron chi connectivity index (χ3n) is 4.12. The highest BCUT2D eigenvalue weighted by molar-refractivity contribution is 6.33. The molecule has 0 spiro atoms. The molecule has 1 saturated heterocycles. The molecule has 1 aromatic rings. The van der Waals surface area contributed by atoms with E-state index >= 15 is 0 Å². The molecule has 4 heteroatoms. The Morgan fingerprint density at radius 1 is 1.15 bits per heavy atom. The number of rotatable bonds is 4. The SMILES string of the molecule is CCC(CC)C(=O)N1CCN(c2ccccc2Cl)CC1. The van der Waals surface area contributed by atoms with Gasteiger partial charge in [0.25, 0.3) is 0 Å². The quantitative estimate of drug-likeness (QED) is 0.849. The number of carbonyl (C=O) groups is 1. The van der Waals surface area contributed by atoms with Crippen LogP contribution in [0.2, 0.25) is 5.02 Å². The summed E-state index contributed by atoms with van der Waals surface area (Å²) in [6.07, 6.45) is 1.86. The van der Waals surface area contributed by atoms with Crippen LogP contribution in [0.25, 0.3) is 0 Å². The van der Waals surface area contributed by atoms with Crippen molar-refractivity contribution in [3.63, 3.8) is 0 Å². The zero-order chi connectivity index (χ0) is 14.5. The summed E-state index contributed by atoms with van der Waals surface area (Å²) in [5.41, 5.74) is 1.07. The first-order valence-corrected chi connectivity index (χ1v) is 7.83. The van der Waals surface area contributed by atoms with Gasteiger partial charge in [0.1, 0.15) is 0 Å². The number of hydrogen-bond donors (Lipinski definition) is 0. The van der Waals surface area contributed by atoms with Crippen molar-refractivity contribution in [2.75, 3.05) is 31.1 Å². The first-order chi connectivity index (χ1) is 9.67. The molecule has 0 bridgehead atoms. The Kier molecular flexibility index (Phi) is 5.30. The minimum atomic E-state index is 0.182. The number of para-hydroxylation sites is 1. The van der Waals surface area contributed by atoms with Crippen LogP contribution >= 0.6 is 11.6 Å². The predicted molar refractivity (Wildman–Crippen MR) is 84.3 cm³/mol. The van der Waals surface area contributed by atoms with Crippen molar-refractivity contribution >= 4 is 23.2 Å². The summed E-state index contributed by atoms with van der Waals surface area (Å²) in [5, 5.41) is 0.785. The number of hydrogen-bond acceptors (Lipinski definition) is 2. The summed E-state index contributed by atoms with van der Waals surface area (Å²) in [7, 11) is 0. The molecule has 0 saturated carbocycles. The Bertz CT molecular complexity index is 452. The number of piperazine rings is 1. The Labute approximate surface area is 126 Å². The van der Waals surface area contributed by atoms with Crippen LogP contribution in [0.5, 0.6) is 0 Å². The van der Waals surface area contributed by atoms with Gasteiger partial charge in [-0.25, -0.2) is 0 Å². The smallest absolute Gasteiger partial charge is 0.225 e. The molecule has 110 valence electrons. The average molecular weight is 295 g/mol. The van der Waals surface area contributed by atoms with Crippen LogP contribution < -0.4 is 4.90 Å². The van der Waals surface area contributed by atoms with E-state index in [9.17, 15) is 4.79 Å². The lowest BCUT2D eigenvalue weighted by atomic mass is 10.0. The highest BCUT2D eigenvalue weighted by Gasteiger charge is 2.25. The van der Waals surface area contributed by atoms with Gasteiger partial charge in [-0.3, -0.25) is 4.79 Å². The molecule has 1 fully saturated rings. The summed E-state index contributed by atoms with van der Waals surface area (Å²) >= 11 is 6.23. The highest BCUT2D eigenvalue weighted by atomic mass is 35.5. The number of carbonyl (C=O) groups excluding carboxylic acids is 1. The highest BCUT2D eigenvalue weighted by Crippen LogP contribution is 2.26. The van der Waals surface area contributed by atoms with Crippen LogP contribution in [0.4, 0.5) is 5.69 Å². The van der Waals surface area contributed by atoms with Crippen LogP contribution in [-0.2, 0) is 4.79 Å². The minimum Gasteiger partial charge on any atom is -0.367 e. The van der Waals surface area contributed by atoms with Gasteiger partial charge < -0.3 is 9.80 Å². The van der Waals surface area contributed by atoms with E-state index in [1.54, 1.807) is 0 Å². The normalized spacial score (nSPS) is 15.8. The second-order valence-corrected chi connectivity index (χ2v) is 5.68. The van der Waals surface area contributed by atoms with E-state index in [-0.39, 0.29) is 5.92 Å². The molecule has 1 aliphatic rings. The van der Waals surface area contributed by atoms with Crippen molar-refractivity contribution in [3.05, 3.63) is 29.3 Å². The molecule has 3 nitrogen and oxygen atoms in total. The molecule has 0 aromatic heterocycles. The van der Waals surface area contributed by atoms with Crippen LogP contribution in [0.15, 0.2) is 24.3 Å². The van der Waals surface area contributed by atoms with Gasteiger partial charge in [0.05, 0.1) is 10.7 Å². The van der Waals surface area contributed by atoms with Gasteiger partial charge in [-0.05, 0) is 25.0 Å². The molecule has 0 atom stereocenters. The maximum atomic E-state index is 12.4. The van der Waals surface area contributed by atoms with E-state index in [1.165, 1.54) is 0 Å². The van der Waals surface area contributed by atoms with Crippen molar-refractivity contribution < 1.29 is 4.79 Å². The average Bonchev–Trinajstić information content (AvgIpc) is 2.49. The molecule has 2 rings (SSSR count). The Morgan fingerprint density at radius 3 is 2.30 bits per heavy atom.